The molecule has 0 saturated carbocycles. The predicted octanol–water partition coefficient (Wildman–Crippen LogP) is -6.01. The Hall–Kier alpha value is 3.24. The van der Waals surface area contributed by atoms with Crippen LogP contribution in [0.2, 0.25) is 0 Å². The summed E-state index contributed by atoms with van der Waals surface area (Å²) in [6, 6.07) is 0. The molecule has 0 aliphatic carbocycles. The third-order valence-electron chi connectivity index (χ3n) is 0. The van der Waals surface area contributed by atoms with Gasteiger partial charge in [-0.3, -0.25) is 0 Å². The van der Waals surface area contributed by atoms with Gasteiger partial charge in [0.15, 0.2) is 0 Å². The molecule has 0 aliphatic heterocycles. The molecule has 0 radical (unpaired) electrons. The molecule has 0 amide bonds. The van der Waals surface area contributed by atoms with Crippen LogP contribution < -0.4 is 154 Å². The van der Waals surface area contributed by atoms with Crippen molar-refractivity contribution in [3.63, 3.8) is 0 Å². The number of rotatable bonds is 0. The van der Waals surface area contributed by atoms with Gasteiger partial charge in [-0.2, -0.15) is 0 Å². The van der Waals surface area contributed by atoms with Gasteiger partial charge < -0.3 is 75.3 Å². The summed E-state index contributed by atoms with van der Waals surface area (Å²) in [4.78, 5) is 0. The molecule has 0 unspecified atom stereocenters. The van der Waals surface area contributed by atoms with Gasteiger partial charge in [-0.1, -0.05) is 0 Å². The van der Waals surface area contributed by atoms with Crippen molar-refractivity contribution in [1.82, 2.24) is 0 Å². The molecule has 0 saturated heterocycles. The molecule has 0 aromatic rings. The average molecular weight is 439 g/mol. The first-order chi connectivity index (χ1) is 7.73. The summed E-state index contributed by atoms with van der Waals surface area (Å²) in [7, 11) is 14.7. The zero-order chi connectivity index (χ0) is 15.6. The van der Waals surface area contributed by atoms with Crippen LogP contribution in [0.3, 0.4) is 0 Å². The van der Waals surface area contributed by atoms with Crippen LogP contribution >= 0.6 is 30.3 Å². The Morgan fingerprint density at radius 3 is 0.474 bits per heavy atom. The van der Waals surface area contributed by atoms with E-state index in [1.165, 1.54) is 0 Å². The topological polar surface area (TPSA) is 143 Å². The van der Waals surface area contributed by atoms with Gasteiger partial charge >= 0.3 is 196 Å². The summed E-state index contributed by atoms with van der Waals surface area (Å²) in [5, 5.41) is 37.5. The Kier molecular flexibility index (Phi) is 788. The second-order valence-electron chi connectivity index (χ2n) is 0.152. The fraction of sp³-hybridized carbons (Fsp3) is 0. The van der Waals surface area contributed by atoms with Crippen molar-refractivity contribution < 1.29 is 170 Å². The zero-order valence-corrected chi connectivity index (χ0v) is 22.9. The first-order valence-electron chi connectivity index (χ1n) is 1.74. The van der Waals surface area contributed by atoms with Gasteiger partial charge in [-0.05, 0) is 0 Å². The van der Waals surface area contributed by atoms with E-state index < -0.39 is 11.2 Å². The molecule has 19 heavy (non-hydrogen) atoms. The molecule has 95 valence electrons. The summed E-state index contributed by atoms with van der Waals surface area (Å²) in [5.74, 6) is 0. The van der Waals surface area contributed by atoms with Crippen LogP contribution in [0.5, 0.6) is 0 Å². The van der Waals surface area contributed by atoms with Crippen molar-refractivity contribution in [1.29, 1.82) is 31.6 Å². The van der Waals surface area contributed by atoms with Crippen molar-refractivity contribution in [2.45, 2.75) is 0 Å². The van der Waals surface area contributed by atoms with Gasteiger partial charge in [0.1, 0.15) is 0 Å². The third kappa shape index (κ3) is 749. The summed E-state index contributed by atoms with van der Waals surface area (Å²) in [5.41, 5.74) is 0. The smallest absolute Gasteiger partial charge is 1.00 e. The number of hydrogen-bond acceptors (Lipinski definition) is 6. The second-order valence-corrected chi connectivity index (χ2v) is 5.62. The minimum Gasteiger partial charge on any atom is -1.00 e. The fourth-order valence-corrected chi connectivity index (χ4v) is 0. The molecular formula is C6H3Cl3FeK3N6-6. The standard InChI is InChI=1S/6CN.3ClH.Fe.3K.3H/c6*1-2;;;;;;;;;;/h;;;;;;3*1H;;;;;;;/q6*-1;;;;+3;3*+1;3*-1/p-3. The molecule has 0 N–H and O–H groups in total. The molecule has 0 fully saturated rings. The van der Waals surface area contributed by atoms with Crippen LogP contribution in [0, 0.1) is 71.0 Å². The van der Waals surface area contributed by atoms with Crippen LogP contribution in [-0.4, -0.2) is 0 Å². The number of hydrogen-bond donors (Lipinski definition) is 0. The van der Waals surface area contributed by atoms with Crippen LogP contribution in [-0.2, 0) is 11.2 Å². The quantitative estimate of drug-likeness (QED) is 0.272. The maximum atomic E-state index is 6.25. The van der Waals surface area contributed by atoms with E-state index in [0.29, 0.717) is 0 Å². The largest absolute Gasteiger partial charge is 1.00 e. The van der Waals surface area contributed by atoms with E-state index in [1.807, 2.05) is 0 Å². The van der Waals surface area contributed by atoms with E-state index in [9.17, 15) is 0 Å². The van der Waals surface area contributed by atoms with E-state index in [2.05, 4.69) is 0 Å². The van der Waals surface area contributed by atoms with Crippen molar-refractivity contribution in [3.05, 3.63) is 39.4 Å². The summed E-state index contributed by atoms with van der Waals surface area (Å²) >= 11 is -1.33. The molecule has 0 atom stereocenters. The normalized spacial score (nSPS) is 3.00. The fourth-order valence-electron chi connectivity index (χ4n) is 0. The van der Waals surface area contributed by atoms with Gasteiger partial charge in [0, 0.05) is 0 Å². The molecular weight excluding hydrogens is 436 g/mol. The minimum absolute atomic E-state index is 0. The zero-order valence-electron chi connectivity index (χ0n) is 13.2. The summed E-state index contributed by atoms with van der Waals surface area (Å²) in [6.45, 7) is 28.5. The number of halogens is 3. The van der Waals surface area contributed by atoms with Gasteiger partial charge in [0.25, 0.3) is 0 Å². The van der Waals surface area contributed by atoms with E-state index in [0.717, 1.165) is 0 Å². The monoisotopic (exact) mass is 437 g/mol. The van der Waals surface area contributed by atoms with E-state index in [1.54, 1.807) is 0 Å². The van der Waals surface area contributed by atoms with E-state index >= 15 is 0 Å². The molecule has 0 heterocycles. The van der Waals surface area contributed by atoms with E-state index in [-0.39, 0.29) is 158 Å². The molecule has 0 spiro atoms. The van der Waals surface area contributed by atoms with Crippen molar-refractivity contribution in [2.24, 2.45) is 0 Å². The van der Waals surface area contributed by atoms with Crippen LogP contribution in [0.1, 0.15) is 4.28 Å². The Morgan fingerprint density at radius 1 is 0.474 bits per heavy atom. The Labute approximate surface area is 263 Å². The van der Waals surface area contributed by atoms with Crippen LogP contribution in [0.25, 0.3) is 0 Å². The number of nitrogens with zero attached hydrogens (tertiary/aromatic N) is 6. The molecule has 0 aliphatic rings. The second kappa shape index (κ2) is 224. The van der Waals surface area contributed by atoms with Gasteiger partial charge in [0.2, 0.25) is 0 Å². The summed E-state index contributed by atoms with van der Waals surface area (Å²) < 4.78 is 0. The molecule has 13 heteroatoms. The molecule has 0 aromatic carbocycles. The summed E-state index contributed by atoms with van der Waals surface area (Å²) in [6.07, 6.45) is 0. The SMILES string of the molecule is [C-]#N.[C-]#N.[C-]#N.[C-]#N.[C-]#N.[C-]#N.[Cl][Fe]([Cl])[Cl].[H-].[H-].[H-].[K+].[K+].[K+]. The van der Waals surface area contributed by atoms with Gasteiger partial charge in [-0.25, -0.2) is 0 Å². The van der Waals surface area contributed by atoms with Gasteiger partial charge in [0.05, 0.1) is 0 Å². The van der Waals surface area contributed by atoms with Crippen molar-refractivity contribution in [3.8, 4) is 0 Å². The molecule has 6 nitrogen and oxygen atoms in total. The third-order valence-corrected chi connectivity index (χ3v) is 0. The first-order valence-corrected chi connectivity index (χ1v) is 6.30. The van der Waals surface area contributed by atoms with Crippen molar-refractivity contribution in [2.75, 3.05) is 0 Å². The van der Waals surface area contributed by atoms with E-state index in [4.69, 9.17) is 101 Å². The average Bonchev–Trinajstić information content (AvgIpc) is 2.42. The minimum atomic E-state index is -1.33. The Bertz CT molecular complexity index is 157. The Balaban J connectivity index is -0.00000000382. The first kappa shape index (κ1) is 67.0. The maximum absolute atomic E-state index is 6.25. The van der Waals surface area contributed by atoms with Crippen LogP contribution in [0.4, 0.5) is 0 Å². The van der Waals surface area contributed by atoms with Gasteiger partial charge in [-0.15, -0.1) is 0 Å². The molecule has 0 bridgehead atoms. The molecule has 0 rings (SSSR count). The molecule has 0 aromatic heterocycles. The maximum Gasteiger partial charge on any atom is 1.00 e. The van der Waals surface area contributed by atoms with Crippen molar-refractivity contribution >= 4 is 30.3 Å². The van der Waals surface area contributed by atoms with Crippen LogP contribution in [0.15, 0.2) is 0 Å². The predicted molar refractivity (Wildman–Crippen MR) is 50.7 cm³/mol. The Morgan fingerprint density at radius 2 is 0.474 bits per heavy atom.